The van der Waals surface area contributed by atoms with E-state index in [9.17, 15) is 4.79 Å². The standard InChI is InChI=1S/C21H22N4O/c1-16-6-5-9-18(14-16)15-24-21-23-13-11-19(25-21)20(26)22-12-10-17-7-3-2-4-8-17/h2-9,11,13-14H,10,12,15H2,1H3,(H,22,26)(H,23,24,25). The average molecular weight is 346 g/mol. The molecule has 0 aliphatic rings. The predicted molar refractivity (Wildman–Crippen MR) is 103 cm³/mol. The molecule has 2 aromatic carbocycles. The van der Waals surface area contributed by atoms with Gasteiger partial charge in [0.2, 0.25) is 5.95 Å². The lowest BCUT2D eigenvalue weighted by atomic mass is 10.1. The Labute approximate surface area is 153 Å². The van der Waals surface area contributed by atoms with Gasteiger partial charge >= 0.3 is 0 Å². The first-order valence-corrected chi connectivity index (χ1v) is 8.65. The molecule has 0 unspecified atom stereocenters. The summed E-state index contributed by atoms with van der Waals surface area (Å²) in [5.74, 6) is 0.254. The molecule has 5 nitrogen and oxygen atoms in total. The third-order valence-corrected chi connectivity index (χ3v) is 3.96. The van der Waals surface area contributed by atoms with Crippen LogP contribution in [-0.4, -0.2) is 22.4 Å². The van der Waals surface area contributed by atoms with Crippen LogP contribution in [0.1, 0.15) is 27.2 Å². The number of carbonyl (C=O) groups excluding carboxylic acids is 1. The molecule has 0 aliphatic carbocycles. The molecule has 0 saturated heterocycles. The maximum absolute atomic E-state index is 12.3. The van der Waals surface area contributed by atoms with Gasteiger partial charge in [0.1, 0.15) is 5.69 Å². The smallest absolute Gasteiger partial charge is 0.270 e. The van der Waals surface area contributed by atoms with Crippen molar-refractivity contribution in [2.24, 2.45) is 0 Å². The fourth-order valence-electron chi connectivity index (χ4n) is 2.63. The molecule has 5 heteroatoms. The molecule has 3 rings (SSSR count). The highest BCUT2D eigenvalue weighted by atomic mass is 16.1. The zero-order valence-electron chi connectivity index (χ0n) is 14.8. The summed E-state index contributed by atoms with van der Waals surface area (Å²) >= 11 is 0. The van der Waals surface area contributed by atoms with Crippen LogP contribution in [0.3, 0.4) is 0 Å². The van der Waals surface area contributed by atoms with Crippen LogP contribution < -0.4 is 10.6 Å². The molecule has 26 heavy (non-hydrogen) atoms. The van der Waals surface area contributed by atoms with Crippen molar-refractivity contribution in [2.45, 2.75) is 19.9 Å². The quantitative estimate of drug-likeness (QED) is 0.688. The van der Waals surface area contributed by atoms with Crippen molar-refractivity contribution in [1.29, 1.82) is 0 Å². The largest absolute Gasteiger partial charge is 0.350 e. The number of amides is 1. The van der Waals surface area contributed by atoms with E-state index in [1.165, 1.54) is 11.1 Å². The van der Waals surface area contributed by atoms with E-state index in [-0.39, 0.29) is 5.91 Å². The molecule has 1 aromatic heterocycles. The van der Waals surface area contributed by atoms with Gasteiger partial charge in [-0.2, -0.15) is 0 Å². The molecular formula is C21H22N4O. The number of nitrogens with zero attached hydrogens (tertiary/aromatic N) is 2. The highest BCUT2D eigenvalue weighted by Gasteiger charge is 2.08. The van der Waals surface area contributed by atoms with Gasteiger partial charge in [-0.25, -0.2) is 9.97 Å². The summed E-state index contributed by atoms with van der Waals surface area (Å²) in [7, 11) is 0. The van der Waals surface area contributed by atoms with Crippen LogP contribution in [0.4, 0.5) is 5.95 Å². The highest BCUT2D eigenvalue weighted by molar-refractivity contribution is 5.92. The van der Waals surface area contributed by atoms with Gasteiger partial charge in [0, 0.05) is 19.3 Å². The lowest BCUT2D eigenvalue weighted by molar-refractivity contribution is 0.0949. The van der Waals surface area contributed by atoms with E-state index in [4.69, 9.17) is 0 Å². The molecule has 0 aliphatic heterocycles. The number of rotatable bonds is 7. The van der Waals surface area contributed by atoms with Gasteiger partial charge in [-0.05, 0) is 30.5 Å². The number of hydrogen-bond donors (Lipinski definition) is 2. The van der Waals surface area contributed by atoms with Crippen molar-refractivity contribution >= 4 is 11.9 Å². The molecule has 0 fully saturated rings. The topological polar surface area (TPSA) is 66.9 Å². The molecule has 0 saturated carbocycles. The van der Waals surface area contributed by atoms with Crippen LogP contribution in [0, 0.1) is 6.92 Å². The Morgan fingerprint density at radius 1 is 1.00 bits per heavy atom. The lowest BCUT2D eigenvalue weighted by Crippen LogP contribution is -2.26. The van der Waals surface area contributed by atoms with Crippen LogP contribution in [-0.2, 0) is 13.0 Å². The summed E-state index contributed by atoms with van der Waals surface area (Å²) in [6, 6.07) is 19.9. The Morgan fingerprint density at radius 3 is 2.62 bits per heavy atom. The molecule has 1 heterocycles. The fourth-order valence-corrected chi connectivity index (χ4v) is 2.63. The van der Waals surface area contributed by atoms with E-state index in [1.54, 1.807) is 12.3 Å². The van der Waals surface area contributed by atoms with E-state index in [0.717, 1.165) is 12.0 Å². The van der Waals surface area contributed by atoms with E-state index in [0.29, 0.717) is 24.7 Å². The van der Waals surface area contributed by atoms with Crippen molar-refractivity contribution < 1.29 is 4.79 Å². The molecule has 1 amide bonds. The lowest BCUT2D eigenvalue weighted by Gasteiger charge is -2.08. The minimum atomic E-state index is -0.193. The van der Waals surface area contributed by atoms with Gasteiger partial charge in [0.15, 0.2) is 0 Å². The van der Waals surface area contributed by atoms with Crippen LogP contribution in [0.5, 0.6) is 0 Å². The van der Waals surface area contributed by atoms with Gasteiger partial charge < -0.3 is 10.6 Å². The van der Waals surface area contributed by atoms with Crippen molar-refractivity contribution in [3.05, 3.63) is 89.2 Å². The molecule has 0 atom stereocenters. The molecule has 0 bridgehead atoms. The maximum Gasteiger partial charge on any atom is 0.270 e. The average Bonchev–Trinajstić information content (AvgIpc) is 2.67. The minimum Gasteiger partial charge on any atom is -0.350 e. The van der Waals surface area contributed by atoms with E-state index >= 15 is 0 Å². The maximum atomic E-state index is 12.3. The van der Waals surface area contributed by atoms with Gasteiger partial charge in [0.25, 0.3) is 5.91 Å². The monoisotopic (exact) mass is 346 g/mol. The fraction of sp³-hybridized carbons (Fsp3) is 0.190. The Kier molecular flexibility index (Phi) is 5.93. The minimum absolute atomic E-state index is 0.193. The van der Waals surface area contributed by atoms with Crippen LogP contribution in [0.15, 0.2) is 66.9 Å². The van der Waals surface area contributed by atoms with Crippen molar-refractivity contribution in [2.75, 3.05) is 11.9 Å². The van der Waals surface area contributed by atoms with Gasteiger partial charge in [-0.1, -0.05) is 60.2 Å². The van der Waals surface area contributed by atoms with Crippen molar-refractivity contribution in [1.82, 2.24) is 15.3 Å². The second-order valence-corrected chi connectivity index (χ2v) is 6.10. The normalized spacial score (nSPS) is 10.3. The Balaban J connectivity index is 1.53. The number of nitrogens with one attached hydrogen (secondary N) is 2. The second-order valence-electron chi connectivity index (χ2n) is 6.10. The van der Waals surface area contributed by atoms with Crippen molar-refractivity contribution in [3.63, 3.8) is 0 Å². The Morgan fingerprint density at radius 2 is 1.81 bits per heavy atom. The Hall–Kier alpha value is -3.21. The number of aryl methyl sites for hydroxylation is 1. The first-order valence-electron chi connectivity index (χ1n) is 8.65. The summed E-state index contributed by atoms with van der Waals surface area (Å²) in [5.41, 5.74) is 3.90. The Bertz CT molecular complexity index is 865. The van der Waals surface area contributed by atoms with Gasteiger partial charge in [-0.15, -0.1) is 0 Å². The number of carbonyl (C=O) groups is 1. The second kappa shape index (κ2) is 8.76. The summed E-state index contributed by atoms with van der Waals surface area (Å²) in [6.07, 6.45) is 2.38. The first kappa shape index (κ1) is 17.6. The van der Waals surface area contributed by atoms with E-state index in [1.807, 2.05) is 42.5 Å². The van der Waals surface area contributed by atoms with Crippen LogP contribution in [0.25, 0.3) is 0 Å². The molecule has 2 N–H and O–H groups in total. The summed E-state index contributed by atoms with van der Waals surface area (Å²) in [5, 5.41) is 6.06. The van der Waals surface area contributed by atoms with Crippen LogP contribution in [0.2, 0.25) is 0 Å². The summed E-state index contributed by atoms with van der Waals surface area (Å²) in [4.78, 5) is 20.8. The number of hydrogen-bond acceptors (Lipinski definition) is 4. The number of anilines is 1. The first-order chi connectivity index (χ1) is 12.7. The summed E-state index contributed by atoms with van der Waals surface area (Å²) in [6.45, 7) is 3.24. The predicted octanol–water partition coefficient (Wildman–Crippen LogP) is 3.37. The third-order valence-electron chi connectivity index (χ3n) is 3.96. The van der Waals surface area contributed by atoms with Gasteiger partial charge in [0.05, 0.1) is 0 Å². The van der Waals surface area contributed by atoms with E-state index in [2.05, 4.69) is 39.7 Å². The molecule has 132 valence electrons. The molecule has 0 spiro atoms. The van der Waals surface area contributed by atoms with Crippen LogP contribution >= 0.6 is 0 Å². The van der Waals surface area contributed by atoms with Gasteiger partial charge in [-0.3, -0.25) is 4.79 Å². The zero-order chi connectivity index (χ0) is 18.2. The number of aromatic nitrogens is 2. The SMILES string of the molecule is Cc1cccc(CNc2nccc(C(=O)NCCc3ccccc3)n2)c1. The number of benzene rings is 2. The molecular weight excluding hydrogens is 324 g/mol. The zero-order valence-corrected chi connectivity index (χ0v) is 14.8. The summed E-state index contributed by atoms with van der Waals surface area (Å²) < 4.78 is 0. The third kappa shape index (κ3) is 5.14. The highest BCUT2D eigenvalue weighted by Crippen LogP contribution is 2.07. The molecule has 0 radical (unpaired) electrons. The molecule has 3 aromatic rings. The van der Waals surface area contributed by atoms with Crippen molar-refractivity contribution in [3.8, 4) is 0 Å². The van der Waals surface area contributed by atoms with E-state index < -0.39 is 0 Å².